The molecule has 214 valence electrons. The summed E-state index contributed by atoms with van der Waals surface area (Å²) in [6.45, 7) is 8.15. The highest BCUT2D eigenvalue weighted by Crippen LogP contribution is 2.48. The van der Waals surface area contributed by atoms with Gasteiger partial charge in [0.1, 0.15) is 5.82 Å². The molecule has 43 heavy (non-hydrogen) atoms. The summed E-state index contributed by atoms with van der Waals surface area (Å²) in [7, 11) is 0. The molecule has 0 amide bonds. The molecule has 7 nitrogen and oxygen atoms in total. The van der Waals surface area contributed by atoms with E-state index in [1.807, 2.05) is 78.3 Å². The minimum Gasteiger partial charge on any atom is -0.372 e. The molecule has 8 heteroatoms. The summed E-state index contributed by atoms with van der Waals surface area (Å²) < 4.78 is 17.6. The Balaban J connectivity index is 1.43. The Kier molecular flexibility index (Phi) is 6.74. The summed E-state index contributed by atoms with van der Waals surface area (Å²) in [5.74, 6) is 1.56. The van der Waals surface area contributed by atoms with Gasteiger partial charge in [-0.25, -0.2) is 19.1 Å². The van der Waals surface area contributed by atoms with Gasteiger partial charge >= 0.3 is 0 Å². The Labute approximate surface area is 250 Å². The number of benzene rings is 4. The Morgan fingerprint density at radius 1 is 0.814 bits per heavy atom. The van der Waals surface area contributed by atoms with Crippen molar-refractivity contribution in [1.82, 2.24) is 9.78 Å². The maximum atomic E-state index is 15.7. The lowest BCUT2D eigenvalue weighted by molar-refractivity contribution is 0.597. The van der Waals surface area contributed by atoms with Gasteiger partial charge in [-0.2, -0.15) is 5.10 Å². The van der Waals surface area contributed by atoms with Crippen molar-refractivity contribution >= 4 is 40.2 Å². The van der Waals surface area contributed by atoms with Crippen LogP contribution in [0.5, 0.6) is 0 Å². The predicted molar refractivity (Wildman–Crippen MR) is 173 cm³/mol. The van der Waals surface area contributed by atoms with E-state index in [0.717, 1.165) is 52.8 Å². The van der Waals surface area contributed by atoms with Gasteiger partial charge in [-0.1, -0.05) is 48.5 Å². The van der Waals surface area contributed by atoms with Gasteiger partial charge in [-0.15, -0.1) is 0 Å². The van der Waals surface area contributed by atoms with Crippen molar-refractivity contribution in [1.29, 1.82) is 0 Å². The molecule has 3 heterocycles. The first kappa shape index (κ1) is 26.6. The average molecular weight is 570 g/mol. The van der Waals surface area contributed by atoms with Crippen LogP contribution in [0, 0.1) is 12.7 Å². The second-order valence-corrected chi connectivity index (χ2v) is 10.6. The third-order valence-electron chi connectivity index (χ3n) is 8.10. The lowest BCUT2D eigenvalue weighted by Crippen LogP contribution is -2.46. The lowest BCUT2D eigenvalue weighted by atomic mass is 9.93. The molecule has 5 aromatic rings. The summed E-state index contributed by atoms with van der Waals surface area (Å²) in [6, 6.07) is 32.6. The highest BCUT2D eigenvalue weighted by atomic mass is 19.1. The Morgan fingerprint density at radius 2 is 1.51 bits per heavy atom. The van der Waals surface area contributed by atoms with Gasteiger partial charge in [0.15, 0.2) is 17.5 Å². The maximum Gasteiger partial charge on any atom is 0.179 e. The number of nitrogens with one attached hydrogen (secondary N) is 1. The Hall–Kier alpha value is -5.24. The summed E-state index contributed by atoms with van der Waals surface area (Å²) in [4.78, 5) is 14.7. The molecule has 7 rings (SSSR count). The molecule has 4 aromatic carbocycles. The maximum absolute atomic E-state index is 15.7. The number of aryl methyl sites for hydroxylation is 1. The number of hydrogen-bond acceptors (Lipinski definition) is 6. The van der Waals surface area contributed by atoms with E-state index in [9.17, 15) is 0 Å². The van der Waals surface area contributed by atoms with Crippen molar-refractivity contribution in [3.63, 3.8) is 0 Å². The molecule has 0 fully saturated rings. The second-order valence-electron chi connectivity index (χ2n) is 10.6. The Morgan fingerprint density at radius 3 is 2.26 bits per heavy atom. The summed E-state index contributed by atoms with van der Waals surface area (Å²) in [6.07, 6.45) is 0. The molecule has 1 aromatic heterocycles. The van der Waals surface area contributed by atoms with Crippen LogP contribution in [0.25, 0.3) is 5.69 Å². The number of hydrogen-bond donors (Lipinski definition) is 1. The predicted octanol–water partition coefficient (Wildman–Crippen LogP) is 7.96. The Bertz CT molecular complexity index is 1850. The van der Waals surface area contributed by atoms with E-state index < -0.39 is 6.04 Å². The van der Waals surface area contributed by atoms with Gasteiger partial charge < -0.3 is 15.1 Å². The monoisotopic (exact) mass is 569 g/mol. The SMILES string of the molecule is CCN(CC)c1ccc(NC2=Nc3ccccc3N3C2=Nc2c(c(C)nn2-c2ccccc2)C3c2ccccc2F)cc1. The van der Waals surface area contributed by atoms with E-state index in [0.29, 0.717) is 23.1 Å². The van der Waals surface area contributed by atoms with Crippen molar-refractivity contribution < 1.29 is 4.39 Å². The first-order valence-corrected chi connectivity index (χ1v) is 14.6. The number of aromatic nitrogens is 2. The topological polar surface area (TPSA) is 61.0 Å². The minimum absolute atomic E-state index is 0.284. The molecule has 0 spiro atoms. The van der Waals surface area contributed by atoms with Crippen LogP contribution in [0.15, 0.2) is 113 Å². The molecule has 2 aliphatic rings. The van der Waals surface area contributed by atoms with Gasteiger partial charge in [-0.05, 0) is 75.4 Å². The lowest BCUT2D eigenvalue weighted by Gasteiger charge is -2.40. The van der Waals surface area contributed by atoms with E-state index in [2.05, 4.69) is 53.2 Å². The zero-order valence-electron chi connectivity index (χ0n) is 24.4. The molecule has 1 unspecified atom stereocenters. The number of para-hydroxylation sites is 3. The van der Waals surface area contributed by atoms with Crippen LogP contribution in [0.4, 0.5) is 33.0 Å². The van der Waals surface area contributed by atoms with Crippen LogP contribution in [0.2, 0.25) is 0 Å². The number of aliphatic imine (C=N–C) groups is 2. The molecule has 0 saturated heterocycles. The van der Waals surface area contributed by atoms with E-state index in [1.165, 1.54) is 6.07 Å². The van der Waals surface area contributed by atoms with Gasteiger partial charge in [0.05, 0.1) is 28.8 Å². The molecule has 0 bridgehead atoms. The first-order chi connectivity index (χ1) is 21.1. The highest BCUT2D eigenvalue weighted by Gasteiger charge is 2.42. The fourth-order valence-corrected chi connectivity index (χ4v) is 6.02. The largest absolute Gasteiger partial charge is 0.372 e. The third-order valence-corrected chi connectivity index (χ3v) is 8.10. The standard InChI is InChI=1S/C35H32FN7/c1-4-41(5-2)25-21-19-24(20-22-25)37-33-35-39-34-31(23(3)40-43(34)26-13-7-6-8-14-26)32(27-15-9-10-16-28(27)36)42(35)30-18-12-11-17-29(30)38-33/h6-22,32H,4-5H2,1-3H3,(H,37,38). The third kappa shape index (κ3) is 4.55. The van der Waals surface area contributed by atoms with E-state index in [1.54, 1.807) is 6.07 Å². The fraction of sp³-hybridized carbons (Fsp3) is 0.171. The molecule has 0 saturated carbocycles. The number of nitrogens with zero attached hydrogens (tertiary/aromatic N) is 6. The van der Waals surface area contributed by atoms with E-state index >= 15 is 4.39 Å². The van der Waals surface area contributed by atoms with E-state index in [4.69, 9.17) is 15.1 Å². The van der Waals surface area contributed by atoms with Gasteiger partial charge in [0, 0.05) is 35.6 Å². The van der Waals surface area contributed by atoms with Crippen molar-refractivity contribution in [2.45, 2.75) is 26.8 Å². The number of fused-ring (bicyclic) bond motifs is 4. The zero-order chi connectivity index (χ0) is 29.5. The van der Waals surface area contributed by atoms with Gasteiger partial charge in [-0.3, -0.25) is 0 Å². The smallest absolute Gasteiger partial charge is 0.179 e. The molecule has 1 N–H and O–H groups in total. The quantitative estimate of drug-likeness (QED) is 0.225. The molecular weight excluding hydrogens is 537 g/mol. The highest BCUT2D eigenvalue weighted by molar-refractivity contribution is 6.51. The molecular formula is C35H32FN7. The van der Waals surface area contributed by atoms with Crippen LogP contribution < -0.4 is 15.1 Å². The van der Waals surface area contributed by atoms with Crippen LogP contribution >= 0.6 is 0 Å². The normalized spacial score (nSPS) is 15.2. The summed E-state index contributed by atoms with van der Waals surface area (Å²) >= 11 is 0. The number of anilines is 3. The first-order valence-electron chi connectivity index (χ1n) is 14.6. The molecule has 1 atom stereocenters. The number of rotatable bonds is 6. The zero-order valence-corrected chi connectivity index (χ0v) is 24.4. The van der Waals surface area contributed by atoms with Gasteiger partial charge in [0.2, 0.25) is 0 Å². The second kappa shape index (κ2) is 10.9. The fourth-order valence-electron chi connectivity index (χ4n) is 6.02. The van der Waals surface area contributed by atoms with Crippen LogP contribution in [-0.2, 0) is 0 Å². The van der Waals surface area contributed by atoms with Crippen LogP contribution in [-0.4, -0.2) is 34.5 Å². The van der Waals surface area contributed by atoms with E-state index in [-0.39, 0.29) is 5.82 Å². The van der Waals surface area contributed by atoms with Crippen molar-refractivity contribution in [3.05, 3.63) is 126 Å². The average Bonchev–Trinajstić information content (AvgIpc) is 3.38. The van der Waals surface area contributed by atoms with Gasteiger partial charge in [0.25, 0.3) is 0 Å². The summed E-state index contributed by atoms with van der Waals surface area (Å²) in [5.41, 5.74) is 6.76. The minimum atomic E-state index is -0.514. The van der Waals surface area contributed by atoms with Crippen LogP contribution in [0.1, 0.15) is 36.7 Å². The number of amidine groups is 2. The number of halogens is 1. The van der Waals surface area contributed by atoms with Crippen LogP contribution in [0.3, 0.4) is 0 Å². The van der Waals surface area contributed by atoms with Crippen molar-refractivity contribution in [2.75, 3.05) is 28.2 Å². The van der Waals surface area contributed by atoms with Crippen molar-refractivity contribution in [2.24, 2.45) is 9.98 Å². The summed E-state index contributed by atoms with van der Waals surface area (Å²) in [5, 5.41) is 8.47. The molecule has 0 radical (unpaired) electrons. The molecule has 0 aliphatic carbocycles. The van der Waals surface area contributed by atoms with Crippen molar-refractivity contribution in [3.8, 4) is 5.69 Å². The molecule has 2 aliphatic heterocycles.